The van der Waals surface area contributed by atoms with Gasteiger partial charge in [-0.25, -0.2) is 4.79 Å². The summed E-state index contributed by atoms with van der Waals surface area (Å²) in [5.74, 6) is 0.357. The summed E-state index contributed by atoms with van der Waals surface area (Å²) < 4.78 is 60.2. The van der Waals surface area contributed by atoms with Crippen molar-refractivity contribution in [3.63, 3.8) is 0 Å². The van der Waals surface area contributed by atoms with Crippen LogP contribution in [-0.2, 0) is 57.0 Å². The Kier molecular flexibility index (Phi) is 14.9. The molecule has 9 rings (SSSR count). The molecule has 0 aromatic carbocycles. The maximum absolute atomic E-state index is 12.6. The number of carbonyl (C=O) groups excluding carboxylic acids is 2. The summed E-state index contributed by atoms with van der Waals surface area (Å²) in [6, 6.07) is 0. The minimum atomic E-state index is -1.68. The van der Waals surface area contributed by atoms with Crippen molar-refractivity contribution >= 4 is 11.9 Å². The zero-order valence-corrected chi connectivity index (χ0v) is 40.2. The van der Waals surface area contributed by atoms with Crippen molar-refractivity contribution in [2.75, 3.05) is 13.2 Å². The zero-order chi connectivity index (χ0) is 48.6. The number of aliphatic hydroxyl groups excluding tert-OH is 6. The van der Waals surface area contributed by atoms with Gasteiger partial charge in [0.2, 0.25) is 0 Å². The summed E-state index contributed by atoms with van der Waals surface area (Å²) >= 11 is 0. The van der Waals surface area contributed by atoms with Gasteiger partial charge in [-0.15, -0.1) is 0 Å². The number of ether oxygens (including phenoxy) is 10. The maximum atomic E-state index is 12.6. The fourth-order valence-corrected chi connectivity index (χ4v) is 14.6. The predicted octanol–water partition coefficient (Wildman–Crippen LogP) is 1.64. The van der Waals surface area contributed by atoms with Crippen LogP contribution < -0.4 is 0 Å². The highest BCUT2D eigenvalue weighted by Gasteiger charge is 2.68. The van der Waals surface area contributed by atoms with E-state index in [9.17, 15) is 45.3 Å². The Morgan fingerprint density at radius 1 is 0.706 bits per heavy atom. The van der Waals surface area contributed by atoms with Crippen LogP contribution in [0.15, 0.2) is 11.6 Å². The number of cyclic esters (lactones) is 1. The molecule has 0 spiro atoms. The SMILES string of the molecule is CC(=O)O[C@@H]1C[C@H](O[C@@H]2[C@H](O)C[C@@H](O[C@@H]3[C@H](O)C[C@@H](O[C@@H]4CC[C@@]5(C)[C@H](CC[C@@H]6[C@@H]5CC[C@]5(C)[C@H](C7=CC(=O)OC7)CC[C@]65O)C4)O[C@@H]3C)O[C@@H]2C)O[C@H](C)[C@H]1O[C@H]1O[C@@H](CO)[C@H](O)[C@@H](O)[C@@H]1O. The molecular formula is C49H76O19. The van der Waals surface area contributed by atoms with Crippen molar-refractivity contribution in [2.24, 2.45) is 34.5 Å². The summed E-state index contributed by atoms with van der Waals surface area (Å²) in [4.78, 5) is 24.2. The highest BCUT2D eigenvalue weighted by atomic mass is 16.8. The first kappa shape index (κ1) is 51.0. The van der Waals surface area contributed by atoms with E-state index in [4.69, 9.17) is 47.4 Å². The Labute approximate surface area is 398 Å². The Morgan fingerprint density at radius 3 is 1.94 bits per heavy atom. The number of fused-ring (bicyclic) bond motifs is 5. The van der Waals surface area contributed by atoms with Crippen molar-refractivity contribution in [3.8, 4) is 0 Å². The van der Waals surface area contributed by atoms with E-state index in [0.29, 0.717) is 18.4 Å². The molecule has 0 bridgehead atoms. The molecule has 4 saturated carbocycles. The van der Waals surface area contributed by atoms with Crippen LogP contribution in [0.25, 0.3) is 0 Å². The minimum Gasteiger partial charge on any atom is -0.459 e. The smallest absolute Gasteiger partial charge is 0.331 e. The van der Waals surface area contributed by atoms with Gasteiger partial charge in [0.15, 0.2) is 25.2 Å². The van der Waals surface area contributed by atoms with E-state index in [2.05, 4.69) is 13.8 Å². The predicted molar refractivity (Wildman–Crippen MR) is 233 cm³/mol. The number of aliphatic hydroxyl groups is 7. The van der Waals surface area contributed by atoms with Crippen LogP contribution in [0.5, 0.6) is 0 Å². The molecule has 25 atom stereocenters. The fraction of sp³-hybridized carbons (Fsp3) is 0.918. The molecule has 5 heterocycles. The molecule has 0 unspecified atom stereocenters. The van der Waals surface area contributed by atoms with Gasteiger partial charge in [-0.3, -0.25) is 4.79 Å². The van der Waals surface area contributed by atoms with Crippen molar-refractivity contribution in [1.29, 1.82) is 0 Å². The Bertz CT molecular complexity index is 1810. The van der Waals surface area contributed by atoms with Gasteiger partial charge in [0, 0.05) is 37.7 Å². The van der Waals surface area contributed by atoms with E-state index in [1.807, 2.05) is 6.92 Å². The van der Waals surface area contributed by atoms with Gasteiger partial charge in [-0.1, -0.05) is 13.8 Å². The van der Waals surface area contributed by atoms with Crippen molar-refractivity contribution in [1.82, 2.24) is 0 Å². The van der Waals surface area contributed by atoms with E-state index in [1.54, 1.807) is 19.9 Å². The summed E-state index contributed by atoms with van der Waals surface area (Å²) in [6.07, 6.45) is -7.65. The monoisotopic (exact) mass is 968 g/mol. The molecule has 19 heteroatoms. The van der Waals surface area contributed by atoms with Crippen LogP contribution in [0.1, 0.15) is 119 Å². The lowest BCUT2D eigenvalue weighted by Crippen LogP contribution is -2.62. The second-order valence-electron chi connectivity index (χ2n) is 22.1. The van der Waals surface area contributed by atoms with Gasteiger partial charge < -0.3 is 83.1 Å². The summed E-state index contributed by atoms with van der Waals surface area (Å²) in [6.45, 7) is 10.8. The summed E-state index contributed by atoms with van der Waals surface area (Å²) in [7, 11) is 0. The second kappa shape index (κ2) is 19.8. The molecule has 4 aliphatic carbocycles. The van der Waals surface area contributed by atoms with E-state index in [-0.39, 0.29) is 54.0 Å². The molecule has 386 valence electrons. The van der Waals surface area contributed by atoms with Crippen molar-refractivity contribution in [3.05, 3.63) is 11.6 Å². The second-order valence-corrected chi connectivity index (χ2v) is 22.1. The largest absolute Gasteiger partial charge is 0.459 e. The van der Waals surface area contributed by atoms with Gasteiger partial charge in [-0.05, 0) is 113 Å². The highest BCUT2D eigenvalue weighted by molar-refractivity contribution is 5.85. The topological polar surface area (TPSA) is 268 Å². The Hall–Kier alpha value is -1.92. The molecule has 19 nitrogen and oxygen atoms in total. The highest BCUT2D eigenvalue weighted by Crippen LogP contribution is 2.70. The van der Waals surface area contributed by atoms with Gasteiger partial charge >= 0.3 is 11.9 Å². The molecule has 0 aromatic rings. The van der Waals surface area contributed by atoms with Gasteiger partial charge in [0.1, 0.15) is 55.4 Å². The number of carbonyl (C=O) groups is 2. The van der Waals surface area contributed by atoms with Gasteiger partial charge in [0.25, 0.3) is 0 Å². The molecule has 0 aromatic heterocycles. The molecule has 0 radical (unpaired) electrons. The third kappa shape index (κ3) is 9.36. The summed E-state index contributed by atoms with van der Waals surface area (Å²) in [5.41, 5.74) is 0.0925. The van der Waals surface area contributed by atoms with Crippen LogP contribution in [-0.4, -0.2) is 177 Å². The van der Waals surface area contributed by atoms with E-state index in [0.717, 1.165) is 63.4 Å². The molecule has 9 aliphatic rings. The first-order chi connectivity index (χ1) is 32.2. The molecule has 5 aliphatic heterocycles. The molecular weight excluding hydrogens is 893 g/mol. The van der Waals surface area contributed by atoms with Crippen LogP contribution in [0, 0.1) is 34.5 Å². The third-order valence-corrected chi connectivity index (χ3v) is 18.3. The summed E-state index contributed by atoms with van der Waals surface area (Å²) in [5, 5.41) is 76.1. The number of hydrogen-bond acceptors (Lipinski definition) is 19. The average molecular weight is 969 g/mol. The first-order valence-electron chi connectivity index (χ1n) is 25.2. The molecule has 8 fully saturated rings. The van der Waals surface area contributed by atoms with E-state index in [1.165, 1.54) is 6.92 Å². The number of rotatable bonds is 11. The van der Waals surface area contributed by atoms with Crippen molar-refractivity contribution in [2.45, 2.75) is 235 Å². The van der Waals surface area contributed by atoms with Crippen LogP contribution >= 0.6 is 0 Å². The average Bonchev–Trinajstić information content (AvgIpc) is 3.83. The van der Waals surface area contributed by atoms with E-state index < -0.39 is 123 Å². The minimum absolute atomic E-state index is 0.0126. The van der Waals surface area contributed by atoms with E-state index >= 15 is 0 Å². The molecule has 0 amide bonds. The van der Waals surface area contributed by atoms with Crippen molar-refractivity contribution < 1.29 is 92.7 Å². The normalized spacial score (nSPS) is 52.8. The van der Waals surface area contributed by atoms with Crippen LogP contribution in [0.3, 0.4) is 0 Å². The fourth-order valence-electron chi connectivity index (χ4n) is 14.6. The maximum Gasteiger partial charge on any atom is 0.331 e. The number of esters is 2. The lowest BCUT2D eigenvalue weighted by molar-refractivity contribution is -0.355. The first-order valence-corrected chi connectivity index (χ1v) is 25.2. The molecule has 4 saturated heterocycles. The van der Waals surface area contributed by atoms with Crippen LogP contribution in [0.2, 0.25) is 0 Å². The molecule has 7 N–H and O–H groups in total. The van der Waals surface area contributed by atoms with Gasteiger partial charge in [0.05, 0.1) is 48.8 Å². The van der Waals surface area contributed by atoms with Gasteiger partial charge in [-0.2, -0.15) is 0 Å². The quantitative estimate of drug-likeness (QED) is 0.115. The Morgan fingerprint density at radius 2 is 1.34 bits per heavy atom. The molecule has 68 heavy (non-hydrogen) atoms. The Balaban J connectivity index is 0.746. The standard InChI is InChI=1S/C49H76O19/c1-22-43(66-38-18-33(53)44(23(2)61-38)67-39-19-34(63-25(4)51)45(24(3)62-39)68-46-42(57)41(56)40(55)35(20-50)65-46)32(52)17-37(60-22)64-28-9-12-47(5)27(16-28)7-8-31-30(47)10-13-48(6)29(11-14-49(31,48)58)26-15-36(54)59-21-26/h15,22-24,27-35,37-46,50,52-53,55-58H,7-14,16-21H2,1-6H3/t22-,23-,24-,27-,28-,29+,30+,31-,32-,33-,34-,35+,37-,38-,39+,40+,41-,42+,43+,44+,45-,46-,47+,48-,49+/m1/s1. The lowest BCUT2D eigenvalue weighted by atomic mass is 9.43. The third-order valence-electron chi connectivity index (χ3n) is 18.3. The van der Waals surface area contributed by atoms with Crippen LogP contribution in [0.4, 0.5) is 0 Å². The zero-order valence-electron chi connectivity index (χ0n) is 40.2. The number of hydrogen-bond donors (Lipinski definition) is 7. The lowest BCUT2D eigenvalue weighted by Gasteiger charge is -2.64.